The number of fused-ring (bicyclic) bond motifs is 1. The van der Waals surface area contributed by atoms with E-state index in [4.69, 9.17) is 4.98 Å². The van der Waals surface area contributed by atoms with E-state index in [1.165, 1.54) is 50.9 Å². The monoisotopic (exact) mass is 500 g/mol. The number of piperidine rings is 3. The number of likely N-dealkylation sites (tertiary alicyclic amines) is 1. The van der Waals surface area contributed by atoms with Crippen LogP contribution in [0.2, 0.25) is 0 Å². The molecule has 1 amide bonds. The second kappa shape index (κ2) is 10.9. The number of carbonyl (C=O) groups is 1. The van der Waals surface area contributed by atoms with Gasteiger partial charge in [0.1, 0.15) is 5.82 Å². The average Bonchev–Trinajstić information content (AvgIpc) is 3.25. The molecular formula is C30H40N6O. The Balaban J connectivity index is 1.09. The van der Waals surface area contributed by atoms with Crippen molar-refractivity contribution in [3.63, 3.8) is 0 Å². The number of carbonyl (C=O) groups excluding carboxylic acids is 1. The second-order valence-corrected chi connectivity index (χ2v) is 11.3. The van der Waals surface area contributed by atoms with Crippen LogP contribution in [0.25, 0.3) is 11.0 Å². The van der Waals surface area contributed by atoms with Gasteiger partial charge < -0.3 is 9.88 Å². The first-order valence-electron chi connectivity index (χ1n) is 14.2. The maximum atomic E-state index is 12.8. The van der Waals surface area contributed by atoms with Crippen molar-refractivity contribution >= 4 is 16.9 Å². The summed E-state index contributed by atoms with van der Waals surface area (Å²) in [4.78, 5) is 27.4. The lowest BCUT2D eigenvalue weighted by Gasteiger charge is -2.57. The first kappa shape index (κ1) is 24.6. The summed E-state index contributed by atoms with van der Waals surface area (Å²) in [5.41, 5.74) is 3.37. The molecule has 4 atom stereocenters. The standard InChI is InChI=1S/C30H40N6O/c1-34-27-12-3-2-11-25(27)33-28(34)19-32-29(37)14-4-13-26-24-10-7-17-35-16-6-9-23(30(24)35)21-36(26)20-22-8-5-15-31-18-22/h2-3,5,8,11-12,15,18,23-24,26,30H,4,6-7,9-10,13-14,16-17,19-21H2,1H3,(H,32,37)/t23-,24+,26+,30-/m0/s1. The molecule has 0 unspecified atom stereocenters. The molecule has 0 spiro atoms. The first-order chi connectivity index (χ1) is 18.2. The Labute approximate surface area is 220 Å². The molecule has 196 valence electrons. The number of hydrogen-bond donors (Lipinski definition) is 1. The number of para-hydroxylation sites is 2. The van der Waals surface area contributed by atoms with Crippen LogP contribution >= 0.6 is 0 Å². The largest absolute Gasteiger partial charge is 0.349 e. The highest BCUT2D eigenvalue weighted by Crippen LogP contribution is 2.43. The lowest BCUT2D eigenvalue weighted by Crippen LogP contribution is -2.64. The minimum Gasteiger partial charge on any atom is -0.349 e. The summed E-state index contributed by atoms with van der Waals surface area (Å²) >= 11 is 0. The minimum absolute atomic E-state index is 0.127. The molecule has 3 aliphatic rings. The number of hydrogen-bond acceptors (Lipinski definition) is 5. The van der Waals surface area contributed by atoms with E-state index in [0.29, 0.717) is 24.9 Å². The molecule has 7 nitrogen and oxygen atoms in total. The summed E-state index contributed by atoms with van der Waals surface area (Å²) in [6, 6.07) is 13.6. The van der Waals surface area contributed by atoms with Crippen LogP contribution in [-0.4, -0.2) is 62.0 Å². The highest BCUT2D eigenvalue weighted by molar-refractivity contribution is 5.77. The van der Waals surface area contributed by atoms with Gasteiger partial charge in [0, 0.05) is 51.0 Å². The van der Waals surface area contributed by atoms with Crippen molar-refractivity contribution in [1.82, 2.24) is 29.7 Å². The van der Waals surface area contributed by atoms with E-state index < -0.39 is 0 Å². The third-order valence-electron chi connectivity index (χ3n) is 9.11. The van der Waals surface area contributed by atoms with E-state index in [1.54, 1.807) is 0 Å². The van der Waals surface area contributed by atoms with Crippen LogP contribution in [0.15, 0.2) is 48.8 Å². The molecule has 3 aromatic rings. The summed E-state index contributed by atoms with van der Waals surface area (Å²) in [6.45, 7) is 5.17. The number of pyridine rings is 1. The zero-order valence-electron chi connectivity index (χ0n) is 22.1. The van der Waals surface area contributed by atoms with Crippen molar-refractivity contribution in [2.75, 3.05) is 19.6 Å². The average molecular weight is 501 g/mol. The van der Waals surface area contributed by atoms with Crippen LogP contribution in [0.4, 0.5) is 0 Å². The molecule has 7 heteroatoms. The van der Waals surface area contributed by atoms with Crippen LogP contribution in [0.1, 0.15) is 56.3 Å². The number of nitrogens with zero attached hydrogens (tertiary/aromatic N) is 5. The van der Waals surface area contributed by atoms with Crippen molar-refractivity contribution < 1.29 is 4.79 Å². The van der Waals surface area contributed by atoms with E-state index in [2.05, 4.69) is 42.9 Å². The van der Waals surface area contributed by atoms with Gasteiger partial charge in [0.05, 0.1) is 17.6 Å². The molecule has 37 heavy (non-hydrogen) atoms. The van der Waals surface area contributed by atoms with Gasteiger partial charge in [0.25, 0.3) is 0 Å². The second-order valence-electron chi connectivity index (χ2n) is 11.3. The zero-order valence-corrected chi connectivity index (χ0v) is 22.1. The predicted octanol–water partition coefficient (Wildman–Crippen LogP) is 4.13. The van der Waals surface area contributed by atoms with Crippen molar-refractivity contribution in [2.24, 2.45) is 18.9 Å². The maximum Gasteiger partial charge on any atom is 0.220 e. The van der Waals surface area contributed by atoms with Gasteiger partial charge in [-0.2, -0.15) is 0 Å². The van der Waals surface area contributed by atoms with Crippen LogP contribution in [0, 0.1) is 11.8 Å². The number of aryl methyl sites for hydroxylation is 1. The molecule has 3 saturated heterocycles. The van der Waals surface area contributed by atoms with Gasteiger partial charge in [0.15, 0.2) is 0 Å². The van der Waals surface area contributed by atoms with E-state index in [-0.39, 0.29) is 5.91 Å². The topological polar surface area (TPSA) is 66.3 Å². The number of nitrogens with one attached hydrogen (secondary N) is 1. The van der Waals surface area contributed by atoms with Crippen LogP contribution in [0.5, 0.6) is 0 Å². The highest BCUT2D eigenvalue weighted by atomic mass is 16.1. The van der Waals surface area contributed by atoms with Gasteiger partial charge in [-0.1, -0.05) is 18.2 Å². The van der Waals surface area contributed by atoms with Crippen LogP contribution in [-0.2, 0) is 24.9 Å². The number of amides is 1. The Morgan fingerprint density at radius 3 is 2.81 bits per heavy atom. The van der Waals surface area contributed by atoms with E-state index in [0.717, 1.165) is 48.2 Å². The smallest absolute Gasteiger partial charge is 0.220 e. The molecule has 0 aliphatic carbocycles. The Hall–Kier alpha value is -2.77. The molecule has 0 radical (unpaired) electrons. The number of rotatable bonds is 8. The Morgan fingerprint density at radius 2 is 1.97 bits per heavy atom. The lowest BCUT2D eigenvalue weighted by atomic mass is 9.69. The molecular weight excluding hydrogens is 460 g/mol. The van der Waals surface area contributed by atoms with Gasteiger partial charge in [-0.15, -0.1) is 0 Å². The van der Waals surface area contributed by atoms with Gasteiger partial charge in [-0.25, -0.2) is 4.98 Å². The van der Waals surface area contributed by atoms with E-state index in [9.17, 15) is 4.79 Å². The fourth-order valence-corrected chi connectivity index (χ4v) is 7.48. The molecule has 1 N–H and O–H groups in total. The summed E-state index contributed by atoms with van der Waals surface area (Å²) in [6.07, 6.45) is 11.8. The maximum absolute atomic E-state index is 12.8. The van der Waals surface area contributed by atoms with Gasteiger partial charge in [-0.05, 0) is 87.2 Å². The quantitative estimate of drug-likeness (QED) is 0.504. The van der Waals surface area contributed by atoms with E-state index >= 15 is 0 Å². The Bertz CT molecular complexity index is 1210. The highest BCUT2D eigenvalue weighted by Gasteiger charge is 2.48. The number of imidazole rings is 1. The molecule has 5 heterocycles. The molecule has 3 fully saturated rings. The SMILES string of the molecule is Cn1c(CNC(=O)CCC[C@@H]2[C@H]3CCCN4CCC[C@@H](CN2Cc2cccnc2)[C@@H]34)nc2ccccc21. The van der Waals surface area contributed by atoms with Gasteiger partial charge in [-0.3, -0.25) is 19.6 Å². The molecule has 6 rings (SSSR count). The molecule has 1 aromatic carbocycles. The fraction of sp³-hybridized carbons (Fsp3) is 0.567. The molecule has 0 bridgehead atoms. The van der Waals surface area contributed by atoms with Crippen LogP contribution < -0.4 is 5.32 Å². The molecule has 0 saturated carbocycles. The number of benzene rings is 1. The Morgan fingerprint density at radius 1 is 1.11 bits per heavy atom. The van der Waals surface area contributed by atoms with Crippen molar-refractivity contribution in [1.29, 1.82) is 0 Å². The molecule has 3 aliphatic heterocycles. The van der Waals surface area contributed by atoms with Crippen molar-refractivity contribution in [3.05, 3.63) is 60.2 Å². The third-order valence-corrected chi connectivity index (χ3v) is 9.11. The van der Waals surface area contributed by atoms with Gasteiger partial charge in [0.2, 0.25) is 5.91 Å². The predicted molar refractivity (Wildman–Crippen MR) is 146 cm³/mol. The third kappa shape index (κ3) is 5.16. The van der Waals surface area contributed by atoms with Crippen molar-refractivity contribution in [3.8, 4) is 0 Å². The van der Waals surface area contributed by atoms with Crippen molar-refractivity contribution in [2.45, 2.75) is 70.1 Å². The fourth-order valence-electron chi connectivity index (χ4n) is 7.48. The summed E-state index contributed by atoms with van der Waals surface area (Å²) in [5.74, 6) is 2.52. The minimum atomic E-state index is 0.127. The van der Waals surface area contributed by atoms with E-state index in [1.807, 2.05) is 37.6 Å². The summed E-state index contributed by atoms with van der Waals surface area (Å²) in [5, 5.41) is 3.13. The first-order valence-corrected chi connectivity index (χ1v) is 14.2. The van der Waals surface area contributed by atoms with Gasteiger partial charge >= 0.3 is 0 Å². The number of aromatic nitrogens is 3. The summed E-state index contributed by atoms with van der Waals surface area (Å²) in [7, 11) is 2.02. The summed E-state index contributed by atoms with van der Waals surface area (Å²) < 4.78 is 2.07. The lowest BCUT2D eigenvalue weighted by molar-refractivity contribution is -0.121. The normalized spacial score (nSPS) is 26.2. The Kier molecular flexibility index (Phi) is 7.25. The van der Waals surface area contributed by atoms with Crippen LogP contribution in [0.3, 0.4) is 0 Å². The zero-order chi connectivity index (χ0) is 25.2. The molecule has 2 aromatic heterocycles.